The number of nitrogens with zero attached hydrogens (tertiary/aromatic N) is 4. The summed E-state index contributed by atoms with van der Waals surface area (Å²) >= 11 is 1.18. The summed E-state index contributed by atoms with van der Waals surface area (Å²) in [7, 11) is 0. The summed E-state index contributed by atoms with van der Waals surface area (Å²) in [5.74, 6) is -2.32. The van der Waals surface area contributed by atoms with Crippen LogP contribution in [-0.4, -0.2) is 38.4 Å². The molecule has 0 saturated carbocycles. The van der Waals surface area contributed by atoms with Gasteiger partial charge < -0.3 is 14.6 Å². The third kappa shape index (κ3) is 6.23. The van der Waals surface area contributed by atoms with Gasteiger partial charge >= 0.3 is 0 Å². The molecule has 0 saturated heterocycles. The molecule has 6 rings (SSSR count). The zero-order chi connectivity index (χ0) is 31.7. The molecule has 2 amide bonds. The van der Waals surface area contributed by atoms with Gasteiger partial charge in [-0.05, 0) is 66.8 Å². The van der Waals surface area contributed by atoms with E-state index in [4.69, 9.17) is 9.40 Å². The van der Waals surface area contributed by atoms with Crippen molar-refractivity contribution in [2.75, 3.05) is 6.54 Å². The van der Waals surface area contributed by atoms with Crippen molar-refractivity contribution in [3.05, 3.63) is 111 Å². The maximum absolute atomic E-state index is 13.8. The number of pyridine rings is 1. The average molecular weight is 632 g/mol. The number of rotatable bonds is 10. The van der Waals surface area contributed by atoms with Gasteiger partial charge in [-0.1, -0.05) is 25.1 Å². The zero-order valence-corrected chi connectivity index (χ0v) is 25.3. The molecule has 0 aliphatic carbocycles. The summed E-state index contributed by atoms with van der Waals surface area (Å²) < 4.78 is 46.4. The smallest absolute Gasteiger partial charge is 0.261 e. The van der Waals surface area contributed by atoms with Gasteiger partial charge in [0.2, 0.25) is 11.8 Å². The predicted octanol–water partition coefficient (Wildman–Crippen LogP) is 6.67. The first-order valence-corrected chi connectivity index (χ1v) is 15.3. The highest BCUT2D eigenvalue weighted by molar-refractivity contribution is 7.17. The van der Waals surface area contributed by atoms with Gasteiger partial charge in [0.25, 0.3) is 11.8 Å². The van der Waals surface area contributed by atoms with E-state index in [1.165, 1.54) is 29.5 Å². The fourth-order valence-corrected chi connectivity index (χ4v) is 6.36. The Hall–Kier alpha value is -4.84. The quantitative estimate of drug-likeness (QED) is 0.185. The summed E-state index contributed by atoms with van der Waals surface area (Å²) in [5, 5.41) is 11.1. The molecular formula is C33H28F3N5O3S. The average Bonchev–Trinajstić information content (AvgIpc) is 3.76. The van der Waals surface area contributed by atoms with Crippen molar-refractivity contribution >= 4 is 23.2 Å². The van der Waals surface area contributed by atoms with Crippen LogP contribution < -0.4 is 5.32 Å². The molecular weight excluding hydrogens is 603 g/mol. The van der Waals surface area contributed by atoms with Crippen molar-refractivity contribution in [2.45, 2.75) is 46.2 Å². The van der Waals surface area contributed by atoms with Crippen molar-refractivity contribution in [1.29, 1.82) is 0 Å². The number of fused-ring (bicyclic) bond motifs is 1. The van der Waals surface area contributed by atoms with E-state index < -0.39 is 17.5 Å². The number of thiophene rings is 1. The second-order valence-corrected chi connectivity index (χ2v) is 11.8. The number of amides is 2. The van der Waals surface area contributed by atoms with Crippen LogP contribution in [-0.2, 0) is 25.9 Å². The molecule has 1 N–H and O–H groups in total. The maximum Gasteiger partial charge on any atom is 0.261 e. The topological polar surface area (TPSA) is 101 Å². The number of hydrogen-bond acceptors (Lipinski definition) is 7. The minimum absolute atomic E-state index is 0.00156. The Morgan fingerprint density at radius 3 is 2.44 bits per heavy atom. The molecule has 0 bridgehead atoms. The summed E-state index contributed by atoms with van der Waals surface area (Å²) in [4.78, 5) is 34.6. The molecule has 0 atom stereocenters. The Kier molecular flexibility index (Phi) is 8.48. The highest BCUT2D eigenvalue weighted by Crippen LogP contribution is 2.43. The van der Waals surface area contributed by atoms with Crippen molar-refractivity contribution in [1.82, 2.24) is 25.4 Å². The van der Waals surface area contributed by atoms with Crippen molar-refractivity contribution < 1.29 is 27.2 Å². The standard InChI is InChI=1S/C33H28F3N5O3S/c1-3-14-41-17-25-29(33(41)43)30(26-12-13-27(45-26)31(42)37-16-20-6-10-22(35)23(36)15-20)28(32-40-39-18(2)44-32)24(38-25)11-7-19-4-8-21(34)9-5-19/h4-6,8-10,12-13,15H,3,7,11,14,16-17H2,1-2H3,(H,37,42). The first-order chi connectivity index (χ1) is 21.7. The van der Waals surface area contributed by atoms with Gasteiger partial charge in [-0.15, -0.1) is 21.5 Å². The van der Waals surface area contributed by atoms with Crippen LogP contribution in [0.3, 0.4) is 0 Å². The van der Waals surface area contributed by atoms with Gasteiger partial charge in [0, 0.05) is 30.5 Å². The second kappa shape index (κ2) is 12.6. The van der Waals surface area contributed by atoms with Crippen LogP contribution in [0.25, 0.3) is 21.9 Å². The number of benzene rings is 2. The van der Waals surface area contributed by atoms with Gasteiger partial charge in [0.1, 0.15) is 5.82 Å². The molecule has 0 radical (unpaired) electrons. The number of halogens is 3. The summed E-state index contributed by atoms with van der Waals surface area (Å²) in [6.45, 7) is 4.56. The number of carbonyl (C=O) groups excluding carboxylic acids is 2. The lowest BCUT2D eigenvalue weighted by Gasteiger charge is -2.15. The monoisotopic (exact) mass is 631 g/mol. The lowest BCUT2D eigenvalue weighted by atomic mass is 9.94. The first-order valence-electron chi connectivity index (χ1n) is 14.4. The van der Waals surface area contributed by atoms with Crippen LogP contribution in [0.5, 0.6) is 0 Å². The van der Waals surface area contributed by atoms with E-state index in [-0.39, 0.29) is 24.2 Å². The van der Waals surface area contributed by atoms with Crippen LogP contribution in [0.2, 0.25) is 0 Å². The highest BCUT2D eigenvalue weighted by atomic mass is 32.1. The molecule has 3 aromatic heterocycles. The third-order valence-electron chi connectivity index (χ3n) is 7.50. The molecule has 1 aliphatic heterocycles. The van der Waals surface area contributed by atoms with E-state index in [0.717, 1.165) is 24.1 Å². The second-order valence-electron chi connectivity index (χ2n) is 10.7. The van der Waals surface area contributed by atoms with E-state index in [9.17, 15) is 22.8 Å². The van der Waals surface area contributed by atoms with E-state index in [1.54, 1.807) is 36.1 Å². The molecule has 0 unspecified atom stereocenters. The van der Waals surface area contributed by atoms with Crippen LogP contribution in [0.4, 0.5) is 13.2 Å². The molecule has 230 valence electrons. The normalized spacial score (nSPS) is 12.6. The van der Waals surface area contributed by atoms with Crippen LogP contribution in [0.1, 0.15) is 61.8 Å². The Labute approximate surface area is 260 Å². The van der Waals surface area contributed by atoms with Gasteiger partial charge in [-0.25, -0.2) is 13.2 Å². The fraction of sp³-hybridized carbons (Fsp3) is 0.242. The minimum Gasteiger partial charge on any atom is -0.421 e. The molecule has 2 aromatic carbocycles. The van der Waals surface area contributed by atoms with Crippen molar-refractivity contribution in [3.8, 4) is 21.9 Å². The Morgan fingerprint density at radius 2 is 1.73 bits per heavy atom. The minimum atomic E-state index is -0.993. The Morgan fingerprint density at radius 1 is 0.956 bits per heavy atom. The number of hydrogen-bond donors (Lipinski definition) is 1. The largest absolute Gasteiger partial charge is 0.421 e. The van der Waals surface area contributed by atoms with Crippen molar-refractivity contribution in [2.24, 2.45) is 0 Å². The predicted molar refractivity (Wildman–Crippen MR) is 162 cm³/mol. The zero-order valence-electron chi connectivity index (χ0n) is 24.5. The molecule has 12 heteroatoms. The van der Waals surface area contributed by atoms with E-state index in [0.29, 0.717) is 75.2 Å². The summed E-state index contributed by atoms with van der Waals surface area (Å²) in [6.07, 6.45) is 1.75. The SMILES string of the molecule is CCCN1Cc2nc(CCc3ccc(F)cc3)c(-c3nnc(C)o3)c(-c3ccc(C(=O)NCc4ccc(F)c(F)c4)s3)c2C1=O. The van der Waals surface area contributed by atoms with Gasteiger partial charge in [0.15, 0.2) is 11.6 Å². The lowest BCUT2D eigenvalue weighted by Crippen LogP contribution is -2.24. The van der Waals surface area contributed by atoms with E-state index in [1.807, 2.05) is 6.92 Å². The van der Waals surface area contributed by atoms with Gasteiger partial charge in [-0.2, -0.15) is 0 Å². The molecule has 8 nitrogen and oxygen atoms in total. The molecule has 5 aromatic rings. The molecule has 4 heterocycles. The van der Waals surface area contributed by atoms with Crippen LogP contribution in [0.15, 0.2) is 59.0 Å². The van der Waals surface area contributed by atoms with E-state index >= 15 is 0 Å². The van der Waals surface area contributed by atoms with Crippen LogP contribution in [0, 0.1) is 24.4 Å². The summed E-state index contributed by atoms with van der Waals surface area (Å²) in [5.41, 5.74) is 4.08. The van der Waals surface area contributed by atoms with Gasteiger partial charge in [0.05, 0.1) is 33.9 Å². The molecule has 1 aliphatic rings. The van der Waals surface area contributed by atoms with E-state index in [2.05, 4.69) is 15.5 Å². The molecule has 0 fully saturated rings. The number of aryl methyl sites for hydroxylation is 3. The Bertz CT molecular complexity index is 1900. The van der Waals surface area contributed by atoms with Crippen molar-refractivity contribution in [3.63, 3.8) is 0 Å². The fourth-order valence-electron chi connectivity index (χ4n) is 5.38. The highest BCUT2D eigenvalue weighted by Gasteiger charge is 2.36. The number of nitrogens with one attached hydrogen (secondary N) is 1. The number of aromatic nitrogens is 3. The Balaban J connectivity index is 1.41. The van der Waals surface area contributed by atoms with Gasteiger partial charge in [-0.3, -0.25) is 14.6 Å². The van der Waals surface area contributed by atoms with Crippen LogP contribution >= 0.6 is 11.3 Å². The first kappa shape index (κ1) is 30.2. The number of carbonyl (C=O) groups is 2. The maximum atomic E-state index is 13.8. The lowest BCUT2D eigenvalue weighted by molar-refractivity contribution is 0.0778. The molecule has 0 spiro atoms. The molecule has 45 heavy (non-hydrogen) atoms. The summed E-state index contributed by atoms with van der Waals surface area (Å²) in [6, 6.07) is 13.1. The third-order valence-corrected chi connectivity index (χ3v) is 8.60.